The highest BCUT2D eigenvalue weighted by Gasteiger charge is 2.17. The summed E-state index contributed by atoms with van der Waals surface area (Å²) in [5.41, 5.74) is 2.19. The number of rotatable bonds is 7. The molecule has 1 fully saturated rings. The monoisotopic (exact) mass is 409 g/mol. The van der Waals surface area contributed by atoms with Crippen molar-refractivity contribution in [1.29, 1.82) is 0 Å². The van der Waals surface area contributed by atoms with Gasteiger partial charge in [-0.2, -0.15) is 0 Å². The van der Waals surface area contributed by atoms with Gasteiger partial charge in [0.25, 0.3) is 5.91 Å². The van der Waals surface area contributed by atoms with E-state index in [2.05, 4.69) is 10.6 Å². The van der Waals surface area contributed by atoms with E-state index >= 15 is 0 Å². The van der Waals surface area contributed by atoms with E-state index in [4.69, 9.17) is 4.74 Å². The molecular formula is C24H31N3O3. The van der Waals surface area contributed by atoms with Gasteiger partial charge in [-0.3, -0.25) is 9.59 Å². The number of amides is 2. The van der Waals surface area contributed by atoms with Crippen LogP contribution in [0.15, 0.2) is 48.5 Å². The molecule has 2 aromatic carbocycles. The van der Waals surface area contributed by atoms with Crippen molar-refractivity contribution in [2.24, 2.45) is 0 Å². The lowest BCUT2D eigenvalue weighted by molar-refractivity contribution is -0.114. The van der Waals surface area contributed by atoms with Gasteiger partial charge in [-0.05, 0) is 75.2 Å². The molecule has 6 nitrogen and oxygen atoms in total. The van der Waals surface area contributed by atoms with Gasteiger partial charge in [-0.15, -0.1) is 0 Å². The molecule has 2 amide bonds. The van der Waals surface area contributed by atoms with Crippen LogP contribution < -0.4 is 15.4 Å². The van der Waals surface area contributed by atoms with E-state index in [9.17, 15) is 9.59 Å². The first-order valence-corrected chi connectivity index (χ1v) is 10.7. The van der Waals surface area contributed by atoms with Gasteiger partial charge in [-0.1, -0.05) is 12.8 Å². The van der Waals surface area contributed by atoms with Crippen molar-refractivity contribution >= 4 is 23.2 Å². The molecule has 0 aromatic heterocycles. The third-order valence-corrected chi connectivity index (χ3v) is 4.99. The maximum Gasteiger partial charge on any atom is 0.253 e. The maximum atomic E-state index is 12.6. The molecule has 0 aliphatic carbocycles. The van der Waals surface area contributed by atoms with E-state index in [1.165, 1.54) is 12.8 Å². The maximum absolute atomic E-state index is 12.6. The summed E-state index contributed by atoms with van der Waals surface area (Å²) in [5, 5.41) is 5.95. The van der Waals surface area contributed by atoms with E-state index in [-0.39, 0.29) is 24.5 Å². The lowest BCUT2D eigenvalue weighted by Crippen LogP contribution is -2.31. The van der Waals surface area contributed by atoms with Crippen LogP contribution in [0.2, 0.25) is 0 Å². The van der Waals surface area contributed by atoms with Gasteiger partial charge in [0, 0.05) is 30.0 Å². The Kier molecular flexibility index (Phi) is 7.71. The highest BCUT2D eigenvalue weighted by Crippen LogP contribution is 2.18. The van der Waals surface area contributed by atoms with Crippen LogP contribution in [0.3, 0.4) is 0 Å². The normalized spacial score (nSPS) is 14.2. The third-order valence-electron chi connectivity index (χ3n) is 4.99. The number of hydrogen-bond acceptors (Lipinski definition) is 4. The molecular weight excluding hydrogens is 378 g/mol. The standard InChI is InChI=1S/C24H31N3O3/c1-18(2)30-22-13-11-20(12-14-22)25-17-23(28)26-21-9-7-19(8-10-21)24(29)27-15-5-3-4-6-16-27/h7-14,18,25H,3-6,15-17H2,1-2H3,(H,26,28). The van der Waals surface area contributed by atoms with Crippen LogP contribution in [0.5, 0.6) is 5.75 Å². The van der Waals surface area contributed by atoms with Crippen LogP contribution in [0.4, 0.5) is 11.4 Å². The van der Waals surface area contributed by atoms with Crippen molar-refractivity contribution in [3.05, 3.63) is 54.1 Å². The minimum absolute atomic E-state index is 0.0707. The number of carbonyl (C=O) groups is 2. The molecule has 2 N–H and O–H groups in total. The summed E-state index contributed by atoms with van der Waals surface area (Å²) < 4.78 is 5.61. The smallest absolute Gasteiger partial charge is 0.253 e. The van der Waals surface area contributed by atoms with Gasteiger partial charge in [0.05, 0.1) is 12.6 Å². The summed E-state index contributed by atoms with van der Waals surface area (Å²) in [7, 11) is 0. The number of ether oxygens (including phenoxy) is 1. The van der Waals surface area contributed by atoms with Gasteiger partial charge in [0.1, 0.15) is 5.75 Å². The highest BCUT2D eigenvalue weighted by atomic mass is 16.5. The van der Waals surface area contributed by atoms with Crippen molar-refractivity contribution in [3.63, 3.8) is 0 Å². The number of likely N-dealkylation sites (tertiary alicyclic amines) is 1. The number of nitrogens with one attached hydrogen (secondary N) is 2. The fourth-order valence-corrected chi connectivity index (χ4v) is 3.46. The van der Waals surface area contributed by atoms with Crippen molar-refractivity contribution in [3.8, 4) is 5.75 Å². The molecule has 0 bridgehead atoms. The van der Waals surface area contributed by atoms with Crippen LogP contribution in [0, 0.1) is 0 Å². The Morgan fingerprint density at radius 2 is 1.50 bits per heavy atom. The zero-order valence-corrected chi connectivity index (χ0v) is 17.8. The Morgan fingerprint density at radius 3 is 2.10 bits per heavy atom. The topological polar surface area (TPSA) is 70.7 Å². The summed E-state index contributed by atoms with van der Waals surface area (Å²) in [6.45, 7) is 5.77. The number of nitrogens with zero attached hydrogens (tertiary/aromatic N) is 1. The second-order valence-electron chi connectivity index (χ2n) is 7.88. The average molecular weight is 410 g/mol. The molecule has 0 unspecified atom stereocenters. The predicted octanol–water partition coefficient (Wildman–Crippen LogP) is 4.54. The second-order valence-corrected chi connectivity index (χ2v) is 7.88. The fourth-order valence-electron chi connectivity index (χ4n) is 3.46. The van der Waals surface area contributed by atoms with E-state index in [0.717, 1.165) is 37.4 Å². The molecule has 0 radical (unpaired) electrons. The first-order chi connectivity index (χ1) is 14.5. The number of carbonyl (C=O) groups excluding carboxylic acids is 2. The van der Waals surface area contributed by atoms with Crippen molar-refractivity contribution < 1.29 is 14.3 Å². The molecule has 0 spiro atoms. The Balaban J connectivity index is 1.47. The Bertz CT molecular complexity index is 824. The number of benzene rings is 2. The molecule has 1 saturated heterocycles. The summed E-state index contributed by atoms with van der Waals surface area (Å²) in [6.07, 6.45) is 4.65. The molecule has 6 heteroatoms. The Morgan fingerprint density at radius 1 is 0.900 bits per heavy atom. The highest BCUT2D eigenvalue weighted by molar-refractivity contribution is 5.96. The first-order valence-electron chi connectivity index (χ1n) is 10.7. The number of hydrogen-bond donors (Lipinski definition) is 2. The van der Waals surface area contributed by atoms with Crippen LogP contribution in [-0.4, -0.2) is 42.5 Å². The van der Waals surface area contributed by atoms with Crippen molar-refractivity contribution in [1.82, 2.24) is 4.90 Å². The molecule has 0 saturated carbocycles. The van der Waals surface area contributed by atoms with Gasteiger partial charge in [0.2, 0.25) is 5.91 Å². The first kappa shape index (κ1) is 21.7. The molecule has 1 heterocycles. The zero-order valence-electron chi connectivity index (χ0n) is 17.8. The van der Waals surface area contributed by atoms with Crippen LogP contribution in [-0.2, 0) is 4.79 Å². The average Bonchev–Trinajstić information content (AvgIpc) is 3.02. The van der Waals surface area contributed by atoms with Crippen LogP contribution >= 0.6 is 0 Å². The summed E-state index contributed by atoms with van der Waals surface area (Å²) in [4.78, 5) is 26.8. The van der Waals surface area contributed by atoms with E-state index in [0.29, 0.717) is 11.3 Å². The quantitative estimate of drug-likeness (QED) is 0.704. The van der Waals surface area contributed by atoms with Gasteiger partial charge >= 0.3 is 0 Å². The van der Waals surface area contributed by atoms with E-state index < -0.39 is 0 Å². The molecule has 0 atom stereocenters. The molecule has 1 aliphatic heterocycles. The molecule has 30 heavy (non-hydrogen) atoms. The largest absolute Gasteiger partial charge is 0.491 e. The number of anilines is 2. The Labute approximate surface area is 178 Å². The van der Waals surface area contributed by atoms with E-state index in [1.807, 2.05) is 43.0 Å². The van der Waals surface area contributed by atoms with Gasteiger partial charge in [-0.25, -0.2) is 0 Å². The summed E-state index contributed by atoms with van der Waals surface area (Å²) >= 11 is 0. The van der Waals surface area contributed by atoms with Crippen molar-refractivity contribution in [2.45, 2.75) is 45.6 Å². The molecule has 3 rings (SSSR count). The fraction of sp³-hybridized carbons (Fsp3) is 0.417. The minimum Gasteiger partial charge on any atom is -0.491 e. The van der Waals surface area contributed by atoms with Gasteiger partial charge < -0.3 is 20.3 Å². The second kappa shape index (κ2) is 10.7. The molecule has 1 aliphatic rings. The van der Waals surface area contributed by atoms with Gasteiger partial charge in [0.15, 0.2) is 0 Å². The predicted molar refractivity (Wildman–Crippen MR) is 120 cm³/mol. The van der Waals surface area contributed by atoms with Crippen molar-refractivity contribution in [2.75, 3.05) is 30.3 Å². The van der Waals surface area contributed by atoms with E-state index in [1.54, 1.807) is 24.3 Å². The lowest BCUT2D eigenvalue weighted by atomic mass is 10.1. The summed E-state index contributed by atoms with van der Waals surface area (Å²) in [5.74, 6) is 0.722. The van der Waals surface area contributed by atoms with Crippen LogP contribution in [0.25, 0.3) is 0 Å². The molecule has 160 valence electrons. The SMILES string of the molecule is CC(C)Oc1ccc(NCC(=O)Nc2ccc(C(=O)N3CCCCCC3)cc2)cc1. The zero-order chi connectivity index (χ0) is 21.3. The van der Waals surface area contributed by atoms with Crippen LogP contribution in [0.1, 0.15) is 49.9 Å². The lowest BCUT2D eigenvalue weighted by Gasteiger charge is -2.20. The Hall–Kier alpha value is -3.02. The third kappa shape index (κ3) is 6.51. The summed E-state index contributed by atoms with van der Waals surface area (Å²) in [6, 6.07) is 14.6. The minimum atomic E-state index is -0.149. The molecule has 2 aromatic rings.